The average molecular weight is 281 g/mol. The first-order valence-corrected chi connectivity index (χ1v) is 5.80. The summed E-state index contributed by atoms with van der Waals surface area (Å²) in [4.78, 5) is 0. The van der Waals surface area contributed by atoms with Gasteiger partial charge < -0.3 is 5.11 Å². The highest BCUT2D eigenvalue weighted by atomic mass is 79.9. The Labute approximate surface area is 103 Å². The van der Waals surface area contributed by atoms with E-state index in [2.05, 4.69) is 21.0 Å². The molecular formula is C12H13BrN2O. The summed E-state index contributed by atoms with van der Waals surface area (Å²) in [5, 5.41) is 14.3. The fourth-order valence-electron chi connectivity index (χ4n) is 1.68. The van der Waals surface area contributed by atoms with Crippen molar-refractivity contribution in [3.63, 3.8) is 0 Å². The molecule has 0 fully saturated rings. The van der Waals surface area contributed by atoms with Crippen LogP contribution in [0.5, 0.6) is 0 Å². The van der Waals surface area contributed by atoms with Crippen molar-refractivity contribution in [3.05, 3.63) is 51.8 Å². The zero-order valence-electron chi connectivity index (χ0n) is 9.18. The lowest BCUT2D eigenvalue weighted by molar-refractivity contribution is 0.219. The van der Waals surface area contributed by atoms with Crippen molar-refractivity contribution >= 4 is 15.9 Å². The lowest BCUT2D eigenvalue weighted by Gasteiger charge is -2.13. The van der Waals surface area contributed by atoms with Gasteiger partial charge >= 0.3 is 0 Å². The molecule has 2 aromatic rings. The van der Waals surface area contributed by atoms with Crippen LogP contribution in [-0.4, -0.2) is 14.9 Å². The number of hydrogen-bond acceptors (Lipinski definition) is 2. The third-order valence-corrected chi connectivity index (χ3v) is 3.50. The summed E-state index contributed by atoms with van der Waals surface area (Å²) in [6.07, 6.45) is 2.89. The second-order valence-corrected chi connectivity index (χ2v) is 4.66. The Bertz CT molecular complexity index is 507. The molecule has 0 aliphatic heterocycles. The Balaban J connectivity index is 2.41. The molecule has 0 saturated heterocycles. The molecule has 0 amide bonds. The van der Waals surface area contributed by atoms with Gasteiger partial charge in [-0.2, -0.15) is 5.10 Å². The Morgan fingerprint density at radius 2 is 2.19 bits per heavy atom. The van der Waals surface area contributed by atoms with Gasteiger partial charge in [0.1, 0.15) is 6.10 Å². The van der Waals surface area contributed by atoms with Crippen LogP contribution >= 0.6 is 15.9 Å². The molecule has 16 heavy (non-hydrogen) atoms. The van der Waals surface area contributed by atoms with Crippen molar-refractivity contribution in [1.29, 1.82) is 0 Å². The highest BCUT2D eigenvalue weighted by molar-refractivity contribution is 9.10. The van der Waals surface area contributed by atoms with Gasteiger partial charge in [0.05, 0.1) is 6.20 Å². The molecule has 2 rings (SSSR count). The van der Waals surface area contributed by atoms with Gasteiger partial charge in [-0.1, -0.05) is 28.1 Å². The highest BCUT2D eigenvalue weighted by Gasteiger charge is 2.15. The van der Waals surface area contributed by atoms with Crippen LogP contribution in [0.3, 0.4) is 0 Å². The van der Waals surface area contributed by atoms with Crippen LogP contribution in [-0.2, 0) is 7.05 Å². The summed E-state index contributed by atoms with van der Waals surface area (Å²) in [6.45, 7) is 1.99. The highest BCUT2D eigenvalue weighted by Crippen LogP contribution is 2.28. The molecule has 3 nitrogen and oxygen atoms in total. The average Bonchev–Trinajstić information content (AvgIpc) is 2.68. The molecule has 0 spiro atoms. The van der Waals surface area contributed by atoms with E-state index in [-0.39, 0.29) is 0 Å². The second kappa shape index (κ2) is 4.39. The van der Waals surface area contributed by atoms with Gasteiger partial charge in [-0.15, -0.1) is 0 Å². The smallest absolute Gasteiger partial charge is 0.107 e. The Morgan fingerprint density at radius 3 is 2.81 bits per heavy atom. The third-order valence-electron chi connectivity index (χ3n) is 2.64. The predicted octanol–water partition coefficient (Wildman–Crippen LogP) is 2.57. The third kappa shape index (κ3) is 2.03. The molecule has 0 aliphatic carbocycles. The predicted molar refractivity (Wildman–Crippen MR) is 66.1 cm³/mol. The molecule has 1 aromatic carbocycles. The zero-order chi connectivity index (χ0) is 11.7. The first kappa shape index (κ1) is 11.4. The molecule has 84 valence electrons. The molecule has 0 saturated carbocycles. The summed E-state index contributed by atoms with van der Waals surface area (Å²) in [5.74, 6) is 0. The number of aliphatic hydroxyl groups is 1. The fraction of sp³-hybridized carbons (Fsp3) is 0.250. The summed E-state index contributed by atoms with van der Waals surface area (Å²) in [5.41, 5.74) is 2.77. The Morgan fingerprint density at radius 1 is 1.44 bits per heavy atom. The van der Waals surface area contributed by atoms with E-state index in [0.717, 1.165) is 21.2 Å². The van der Waals surface area contributed by atoms with Crippen LogP contribution in [0.2, 0.25) is 0 Å². The summed E-state index contributed by atoms with van der Waals surface area (Å²) >= 11 is 3.46. The van der Waals surface area contributed by atoms with Crippen molar-refractivity contribution in [2.45, 2.75) is 13.0 Å². The number of benzene rings is 1. The van der Waals surface area contributed by atoms with Gasteiger partial charge in [0.2, 0.25) is 0 Å². The normalized spacial score (nSPS) is 12.8. The van der Waals surface area contributed by atoms with E-state index in [1.54, 1.807) is 10.9 Å². The van der Waals surface area contributed by atoms with Crippen molar-refractivity contribution in [2.75, 3.05) is 0 Å². The topological polar surface area (TPSA) is 38.1 Å². The van der Waals surface area contributed by atoms with E-state index >= 15 is 0 Å². The molecule has 1 N–H and O–H groups in total. The monoisotopic (exact) mass is 280 g/mol. The zero-order valence-corrected chi connectivity index (χ0v) is 10.8. The van der Waals surface area contributed by atoms with Crippen LogP contribution < -0.4 is 0 Å². The minimum absolute atomic E-state index is 0.619. The number of aromatic nitrogens is 2. The molecular weight excluding hydrogens is 268 g/mol. The SMILES string of the molecule is Cc1c(Br)cccc1C(O)c1cnn(C)c1. The molecule has 0 aliphatic rings. The van der Waals surface area contributed by atoms with Crippen LogP contribution in [0.15, 0.2) is 35.1 Å². The minimum atomic E-state index is -0.619. The van der Waals surface area contributed by atoms with Gasteiger partial charge in [-0.3, -0.25) is 4.68 Å². The quantitative estimate of drug-likeness (QED) is 0.918. The Kier molecular flexibility index (Phi) is 3.12. The minimum Gasteiger partial charge on any atom is -0.384 e. The molecule has 0 radical (unpaired) electrons. The van der Waals surface area contributed by atoms with Crippen molar-refractivity contribution in [1.82, 2.24) is 9.78 Å². The number of hydrogen-bond donors (Lipinski definition) is 1. The van der Waals surface area contributed by atoms with E-state index in [4.69, 9.17) is 0 Å². The van der Waals surface area contributed by atoms with Crippen LogP contribution in [0.1, 0.15) is 22.8 Å². The number of aliphatic hydroxyl groups excluding tert-OH is 1. The largest absolute Gasteiger partial charge is 0.384 e. The first-order valence-electron chi connectivity index (χ1n) is 5.01. The first-order chi connectivity index (χ1) is 7.59. The summed E-state index contributed by atoms with van der Waals surface area (Å²) in [6, 6.07) is 5.82. The maximum Gasteiger partial charge on any atom is 0.107 e. The number of halogens is 1. The number of nitrogens with zero attached hydrogens (tertiary/aromatic N) is 2. The lowest BCUT2D eigenvalue weighted by Crippen LogP contribution is -2.01. The van der Waals surface area contributed by atoms with Gasteiger partial charge in [0.15, 0.2) is 0 Å². The Hall–Kier alpha value is -1.13. The maximum atomic E-state index is 10.2. The van der Waals surface area contributed by atoms with E-state index in [9.17, 15) is 5.11 Å². The lowest BCUT2D eigenvalue weighted by atomic mass is 10.00. The van der Waals surface area contributed by atoms with Gasteiger partial charge in [-0.05, 0) is 24.1 Å². The molecule has 0 bridgehead atoms. The fourth-order valence-corrected chi connectivity index (χ4v) is 2.06. The van der Waals surface area contributed by atoms with Gasteiger partial charge in [0, 0.05) is 23.3 Å². The van der Waals surface area contributed by atoms with Crippen molar-refractivity contribution < 1.29 is 5.11 Å². The summed E-state index contributed by atoms with van der Waals surface area (Å²) < 4.78 is 2.69. The van der Waals surface area contributed by atoms with Gasteiger partial charge in [-0.25, -0.2) is 0 Å². The van der Waals surface area contributed by atoms with Crippen LogP contribution in [0, 0.1) is 6.92 Å². The maximum absolute atomic E-state index is 10.2. The molecule has 1 atom stereocenters. The molecule has 1 heterocycles. The van der Waals surface area contributed by atoms with Crippen LogP contribution in [0.25, 0.3) is 0 Å². The summed E-state index contributed by atoms with van der Waals surface area (Å²) in [7, 11) is 1.84. The second-order valence-electron chi connectivity index (χ2n) is 3.80. The van der Waals surface area contributed by atoms with E-state index in [0.29, 0.717) is 0 Å². The molecule has 4 heteroatoms. The van der Waals surface area contributed by atoms with Crippen molar-refractivity contribution in [3.8, 4) is 0 Å². The van der Waals surface area contributed by atoms with Crippen molar-refractivity contribution in [2.24, 2.45) is 7.05 Å². The van der Waals surface area contributed by atoms with E-state index in [1.165, 1.54) is 0 Å². The van der Waals surface area contributed by atoms with Gasteiger partial charge in [0.25, 0.3) is 0 Å². The molecule has 1 unspecified atom stereocenters. The standard InChI is InChI=1S/C12H13BrN2O/c1-8-10(4-3-5-11(8)13)12(16)9-6-14-15(2)7-9/h3-7,12,16H,1-2H3. The van der Waals surface area contributed by atoms with E-state index < -0.39 is 6.10 Å². The van der Waals surface area contributed by atoms with E-state index in [1.807, 2.05) is 38.4 Å². The number of rotatable bonds is 2. The van der Waals surface area contributed by atoms with Crippen LogP contribution in [0.4, 0.5) is 0 Å². The number of aryl methyl sites for hydroxylation is 1. The molecule has 1 aromatic heterocycles.